The van der Waals surface area contributed by atoms with Crippen LogP contribution < -0.4 is 27.3 Å². The Kier molecular flexibility index (Phi) is 4.16. The van der Waals surface area contributed by atoms with Crippen LogP contribution >= 0.6 is 0 Å². The number of nitrogens with two attached hydrogens (primary N) is 1. The lowest BCUT2D eigenvalue weighted by Gasteiger charge is -2.25. The Morgan fingerprint density at radius 2 is 2.26 bits per heavy atom. The van der Waals surface area contributed by atoms with Gasteiger partial charge in [-0.2, -0.15) is 0 Å². The minimum absolute atomic E-state index is 0.0802. The second kappa shape index (κ2) is 5.84. The number of piperidine rings is 1. The van der Waals surface area contributed by atoms with Gasteiger partial charge in [-0.25, -0.2) is 4.98 Å². The van der Waals surface area contributed by atoms with Gasteiger partial charge < -0.3 is 15.6 Å². The summed E-state index contributed by atoms with van der Waals surface area (Å²) in [5, 5.41) is 4.67. The minimum Gasteiger partial charge on any atom is -0.404 e. The third kappa shape index (κ3) is 2.93. The molecular formula is C14H20N4O. The quantitative estimate of drug-likeness (QED) is 0.732. The summed E-state index contributed by atoms with van der Waals surface area (Å²) in [4.78, 5) is 16.2. The van der Waals surface area contributed by atoms with Crippen molar-refractivity contribution in [3.8, 4) is 0 Å². The molecule has 0 saturated carbocycles. The standard InChI is InChI=1S/C14H20N4O/c1-10(8-15)7-13-11(2)18(14(19)9-17-13)12-3-5-16-6-4-12/h7-9,12,16H,2-6,15H2,1H3/b10-8-,13-7+. The van der Waals surface area contributed by atoms with Gasteiger partial charge in [0.05, 0.1) is 16.9 Å². The molecule has 0 amide bonds. The molecule has 102 valence electrons. The number of nitrogens with one attached hydrogen (secondary N) is 1. The largest absolute Gasteiger partial charge is 0.404 e. The molecule has 1 saturated heterocycles. The fourth-order valence-corrected chi connectivity index (χ4v) is 2.37. The van der Waals surface area contributed by atoms with E-state index in [1.807, 2.05) is 13.0 Å². The first-order valence-electron chi connectivity index (χ1n) is 6.51. The van der Waals surface area contributed by atoms with E-state index in [-0.39, 0.29) is 11.6 Å². The zero-order valence-corrected chi connectivity index (χ0v) is 11.2. The summed E-state index contributed by atoms with van der Waals surface area (Å²) in [5.41, 5.74) is 6.28. The van der Waals surface area contributed by atoms with E-state index < -0.39 is 0 Å². The molecule has 5 heteroatoms. The van der Waals surface area contributed by atoms with Crippen molar-refractivity contribution in [3.05, 3.63) is 39.0 Å². The van der Waals surface area contributed by atoms with Gasteiger partial charge in [0.1, 0.15) is 0 Å². The summed E-state index contributed by atoms with van der Waals surface area (Å²) in [6, 6.07) is 0.207. The molecule has 2 rings (SSSR count). The maximum absolute atomic E-state index is 12.0. The van der Waals surface area contributed by atoms with Crippen LogP contribution in [-0.4, -0.2) is 22.6 Å². The molecule has 5 nitrogen and oxygen atoms in total. The van der Waals surface area contributed by atoms with E-state index in [1.54, 1.807) is 4.57 Å². The molecule has 19 heavy (non-hydrogen) atoms. The van der Waals surface area contributed by atoms with Gasteiger partial charge in [-0.3, -0.25) is 4.79 Å². The van der Waals surface area contributed by atoms with Crippen LogP contribution in [0.5, 0.6) is 0 Å². The van der Waals surface area contributed by atoms with Crippen LogP contribution in [0, 0.1) is 0 Å². The first-order valence-corrected chi connectivity index (χ1v) is 6.51. The van der Waals surface area contributed by atoms with Crippen LogP contribution in [0.4, 0.5) is 0 Å². The van der Waals surface area contributed by atoms with Gasteiger partial charge in [0, 0.05) is 6.04 Å². The molecular weight excluding hydrogens is 240 g/mol. The first-order chi connectivity index (χ1) is 9.13. The van der Waals surface area contributed by atoms with Gasteiger partial charge in [-0.15, -0.1) is 0 Å². The van der Waals surface area contributed by atoms with Crippen LogP contribution in [0.3, 0.4) is 0 Å². The van der Waals surface area contributed by atoms with E-state index >= 15 is 0 Å². The molecule has 2 heterocycles. The van der Waals surface area contributed by atoms with Crippen LogP contribution in [-0.2, 0) is 0 Å². The molecule has 0 aliphatic carbocycles. The highest BCUT2D eigenvalue weighted by atomic mass is 16.1. The predicted molar refractivity (Wildman–Crippen MR) is 76.8 cm³/mol. The fraction of sp³-hybridized carbons (Fsp3) is 0.429. The number of rotatable bonds is 2. The summed E-state index contributed by atoms with van der Waals surface area (Å²) in [6.45, 7) is 7.77. The normalized spacial score (nSPS) is 18.8. The Morgan fingerprint density at radius 3 is 2.89 bits per heavy atom. The highest BCUT2D eigenvalue weighted by molar-refractivity contribution is 5.42. The lowest BCUT2D eigenvalue weighted by atomic mass is 10.1. The molecule has 0 spiro atoms. The smallest absolute Gasteiger partial charge is 0.269 e. The Balaban J connectivity index is 2.55. The second-order valence-corrected chi connectivity index (χ2v) is 4.83. The van der Waals surface area contributed by atoms with E-state index in [9.17, 15) is 4.79 Å². The Hall–Kier alpha value is -1.88. The molecule has 0 bridgehead atoms. The van der Waals surface area contributed by atoms with Crippen molar-refractivity contribution in [1.82, 2.24) is 14.9 Å². The van der Waals surface area contributed by atoms with Gasteiger partial charge in [0.15, 0.2) is 0 Å². The molecule has 0 aromatic carbocycles. The van der Waals surface area contributed by atoms with Gasteiger partial charge in [0.25, 0.3) is 5.56 Å². The predicted octanol–water partition coefficient (Wildman–Crippen LogP) is -0.779. The van der Waals surface area contributed by atoms with E-state index in [2.05, 4.69) is 16.9 Å². The maximum Gasteiger partial charge on any atom is 0.269 e. The molecule has 0 atom stereocenters. The number of allylic oxidation sites excluding steroid dienone is 1. The number of nitrogens with zero attached hydrogens (tertiary/aromatic N) is 2. The highest BCUT2D eigenvalue weighted by Crippen LogP contribution is 2.13. The van der Waals surface area contributed by atoms with Crippen molar-refractivity contribution >= 4 is 12.7 Å². The van der Waals surface area contributed by atoms with E-state index in [1.165, 1.54) is 12.4 Å². The minimum atomic E-state index is -0.0802. The van der Waals surface area contributed by atoms with Crippen LogP contribution in [0.15, 0.2) is 22.8 Å². The monoisotopic (exact) mass is 260 g/mol. The van der Waals surface area contributed by atoms with Gasteiger partial charge >= 0.3 is 0 Å². The Bertz CT molecular complexity index is 638. The number of aromatic nitrogens is 2. The Labute approximate surface area is 112 Å². The molecule has 1 aliphatic rings. The van der Waals surface area contributed by atoms with Crippen molar-refractivity contribution in [2.45, 2.75) is 25.8 Å². The Morgan fingerprint density at radius 1 is 1.58 bits per heavy atom. The van der Waals surface area contributed by atoms with Crippen LogP contribution in [0.25, 0.3) is 12.7 Å². The summed E-state index contributed by atoms with van der Waals surface area (Å²) in [5.74, 6) is 0. The summed E-state index contributed by atoms with van der Waals surface area (Å²) in [6.07, 6.45) is 6.61. The molecule has 0 radical (unpaired) electrons. The molecule has 1 fully saturated rings. The zero-order chi connectivity index (χ0) is 13.8. The first kappa shape index (κ1) is 13.5. The molecule has 3 N–H and O–H groups in total. The summed E-state index contributed by atoms with van der Waals surface area (Å²) in [7, 11) is 0. The van der Waals surface area contributed by atoms with Gasteiger partial charge in [0.2, 0.25) is 0 Å². The van der Waals surface area contributed by atoms with Crippen molar-refractivity contribution < 1.29 is 0 Å². The van der Waals surface area contributed by atoms with E-state index in [0.29, 0.717) is 10.7 Å². The lowest BCUT2D eigenvalue weighted by Crippen LogP contribution is -2.48. The summed E-state index contributed by atoms with van der Waals surface area (Å²) >= 11 is 0. The van der Waals surface area contributed by atoms with Crippen LogP contribution in [0.1, 0.15) is 25.8 Å². The SMILES string of the molecule is C=c1/c(=C\C(C)=C/N)ncc(=O)n1C1CCNCC1. The number of hydrogen-bond donors (Lipinski definition) is 2. The summed E-state index contributed by atoms with van der Waals surface area (Å²) < 4.78 is 1.77. The molecule has 1 aromatic heterocycles. The highest BCUT2D eigenvalue weighted by Gasteiger charge is 2.16. The fourth-order valence-electron chi connectivity index (χ4n) is 2.37. The van der Waals surface area contributed by atoms with E-state index in [0.717, 1.165) is 31.5 Å². The molecule has 1 aromatic rings. The maximum atomic E-state index is 12.0. The van der Waals surface area contributed by atoms with Gasteiger partial charge in [-0.1, -0.05) is 6.58 Å². The third-order valence-electron chi connectivity index (χ3n) is 3.44. The number of hydrogen-bond acceptors (Lipinski definition) is 4. The van der Waals surface area contributed by atoms with Crippen molar-refractivity contribution in [3.63, 3.8) is 0 Å². The van der Waals surface area contributed by atoms with Crippen molar-refractivity contribution in [2.24, 2.45) is 5.73 Å². The zero-order valence-electron chi connectivity index (χ0n) is 11.2. The lowest BCUT2D eigenvalue weighted by molar-refractivity contribution is 0.353. The second-order valence-electron chi connectivity index (χ2n) is 4.83. The average Bonchev–Trinajstić information content (AvgIpc) is 2.43. The van der Waals surface area contributed by atoms with Crippen LogP contribution in [0.2, 0.25) is 0 Å². The third-order valence-corrected chi connectivity index (χ3v) is 3.44. The van der Waals surface area contributed by atoms with E-state index in [4.69, 9.17) is 5.73 Å². The topological polar surface area (TPSA) is 72.9 Å². The van der Waals surface area contributed by atoms with Crippen molar-refractivity contribution in [1.29, 1.82) is 0 Å². The average molecular weight is 260 g/mol. The van der Waals surface area contributed by atoms with Crippen molar-refractivity contribution in [2.75, 3.05) is 13.1 Å². The molecule has 1 aliphatic heterocycles. The van der Waals surface area contributed by atoms with Gasteiger partial charge in [-0.05, 0) is 50.7 Å². The molecule has 0 unspecified atom stereocenters.